The summed E-state index contributed by atoms with van der Waals surface area (Å²) in [5, 5.41) is 4.86. The van der Waals surface area contributed by atoms with Gasteiger partial charge in [-0.05, 0) is 30.0 Å². The first kappa shape index (κ1) is 13.8. The fraction of sp³-hybridized carbons (Fsp3) is 0.250. The van der Waals surface area contributed by atoms with Crippen molar-refractivity contribution in [1.29, 1.82) is 0 Å². The van der Waals surface area contributed by atoms with E-state index in [-0.39, 0.29) is 11.9 Å². The molecule has 0 fully saturated rings. The minimum absolute atomic E-state index is 0.0895. The molecule has 0 saturated carbocycles. The molecule has 2 unspecified atom stereocenters. The Morgan fingerprint density at radius 3 is 2.90 bits per heavy atom. The van der Waals surface area contributed by atoms with Crippen molar-refractivity contribution in [1.82, 2.24) is 5.32 Å². The summed E-state index contributed by atoms with van der Waals surface area (Å²) in [6, 6.07) is 11.1. The van der Waals surface area contributed by atoms with Crippen LogP contribution >= 0.6 is 11.3 Å². The molecule has 0 aliphatic carbocycles. The molecule has 2 heterocycles. The van der Waals surface area contributed by atoms with Crippen LogP contribution < -0.4 is 5.32 Å². The second-order valence-electron chi connectivity index (χ2n) is 5.00. The van der Waals surface area contributed by atoms with Crippen molar-refractivity contribution in [2.75, 3.05) is 0 Å². The van der Waals surface area contributed by atoms with E-state index in [0.717, 1.165) is 10.4 Å². The third-order valence-electron chi connectivity index (χ3n) is 3.51. The highest BCUT2D eigenvalue weighted by molar-refractivity contribution is 7.10. The van der Waals surface area contributed by atoms with Crippen LogP contribution in [0.2, 0.25) is 0 Å². The van der Waals surface area contributed by atoms with Gasteiger partial charge in [0.1, 0.15) is 0 Å². The maximum Gasteiger partial charge on any atom is 0.339 e. The molecule has 1 aliphatic heterocycles. The number of cyclic esters (lactones) is 1. The number of fused-ring (bicyclic) bond motifs is 1. The van der Waals surface area contributed by atoms with Crippen LogP contribution in [0.4, 0.5) is 0 Å². The quantitative estimate of drug-likeness (QED) is 0.887. The van der Waals surface area contributed by atoms with Gasteiger partial charge in [0.05, 0.1) is 11.6 Å². The lowest BCUT2D eigenvalue weighted by Gasteiger charge is -2.25. The predicted octanol–water partition coefficient (Wildman–Crippen LogP) is 2.71. The average Bonchev–Trinajstić information content (AvgIpc) is 3.01. The zero-order chi connectivity index (χ0) is 14.8. The van der Waals surface area contributed by atoms with Gasteiger partial charge in [0, 0.05) is 11.3 Å². The van der Waals surface area contributed by atoms with Crippen LogP contribution in [-0.2, 0) is 16.0 Å². The second-order valence-corrected chi connectivity index (χ2v) is 5.98. The molecule has 1 amide bonds. The fourth-order valence-electron chi connectivity index (χ4n) is 2.39. The van der Waals surface area contributed by atoms with Crippen LogP contribution in [-0.4, -0.2) is 18.0 Å². The molecule has 1 N–H and O–H groups in total. The van der Waals surface area contributed by atoms with E-state index < -0.39 is 12.1 Å². The van der Waals surface area contributed by atoms with E-state index in [4.69, 9.17) is 4.74 Å². The van der Waals surface area contributed by atoms with Gasteiger partial charge in [-0.2, -0.15) is 0 Å². The standard InChI is InChI=1S/C16H15NO3S/c1-10(14-7-4-8-21-14)17-15(18)13-9-11-5-2-3-6-12(11)16(19)20-13/h2-8,10,13H,9H2,1H3,(H,17,18). The van der Waals surface area contributed by atoms with Crippen molar-refractivity contribution in [3.63, 3.8) is 0 Å². The first-order valence-corrected chi connectivity index (χ1v) is 7.66. The second kappa shape index (κ2) is 5.69. The van der Waals surface area contributed by atoms with Crippen molar-refractivity contribution in [3.8, 4) is 0 Å². The maximum atomic E-state index is 12.3. The number of rotatable bonds is 3. The van der Waals surface area contributed by atoms with E-state index in [1.807, 2.05) is 36.6 Å². The molecule has 4 nitrogen and oxygen atoms in total. The van der Waals surface area contributed by atoms with Crippen LogP contribution in [0.1, 0.15) is 33.8 Å². The van der Waals surface area contributed by atoms with Gasteiger partial charge >= 0.3 is 5.97 Å². The molecule has 0 saturated heterocycles. The number of carbonyl (C=O) groups excluding carboxylic acids is 2. The molecule has 1 aromatic carbocycles. The van der Waals surface area contributed by atoms with E-state index in [1.54, 1.807) is 23.5 Å². The molecule has 1 aliphatic rings. The van der Waals surface area contributed by atoms with E-state index >= 15 is 0 Å². The fourth-order valence-corrected chi connectivity index (χ4v) is 3.13. The molecular weight excluding hydrogens is 286 g/mol. The van der Waals surface area contributed by atoms with Crippen molar-refractivity contribution < 1.29 is 14.3 Å². The minimum Gasteiger partial charge on any atom is -0.448 e. The topological polar surface area (TPSA) is 55.4 Å². The number of carbonyl (C=O) groups is 2. The van der Waals surface area contributed by atoms with Crippen molar-refractivity contribution >= 4 is 23.2 Å². The maximum absolute atomic E-state index is 12.3. The summed E-state index contributed by atoms with van der Waals surface area (Å²) in [6.07, 6.45) is -0.333. The Balaban J connectivity index is 1.71. The summed E-state index contributed by atoms with van der Waals surface area (Å²) in [4.78, 5) is 25.3. The van der Waals surface area contributed by atoms with Gasteiger partial charge in [0.15, 0.2) is 6.10 Å². The first-order valence-electron chi connectivity index (χ1n) is 6.78. The van der Waals surface area contributed by atoms with Crippen molar-refractivity contribution in [2.45, 2.75) is 25.5 Å². The molecule has 0 bridgehead atoms. The van der Waals surface area contributed by atoms with E-state index in [1.165, 1.54) is 0 Å². The Kier molecular flexibility index (Phi) is 3.75. The normalized spacial score (nSPS) is 18.5. The molecule has 1 aromatic heterocycles. The monoisotopic (exact) mass is 301 g/mol. The van der Waals surface area contributed by atoms with Gasteiger partial charge in [0.25, 0.3) is 5.91 Å². The summed E-state index contributed by atoms with van der Waals surface area (Å²) < 4.78 is 5.25. The molecule has 2 aromatic rings. The molecule has 0 radical (unpaired) electrons. The van der Waals surface area contributed by atoms with Gasteiger partial charge in [0.2, 0.25) is 0 Å². The van der Waals surface area contributed by atoms with E-state index in [2.05, 4.69) is 5.32 Å². The number of hydrogen-bond donors (Lipinski definition) is 1. The molecular formula is C16H15NO3S. The highest BCUT2D eigenvalue weighted by Gasteiger charge is 2.31. The largest absolute Gasteiger partial charge is 0.448 e. The zero-order valence-electron chi connectivity index (χ0n) is 11.5. The molecule has 108 valence electrons. The first-order chi connectivity index (χ1) is 10.1. The van der Waals surface area contributed by atoms with Crippen LogP contribution in [0.25, 0.3) is 0 Å². The van der Waals surface area contributed by atoms with Gasteiger partial charge in [-0.3, -0.25) is 4.79 Å². The van der Waals surface area contributed by atoms with E-state index in [9.17, 15) is 9.59 Å². The lowest BCUT2D eigenvalue weighted by atomic mass is 9.98. The SMILES string of the molecule is CC(NC(=O)C1Cc2ccccc2C(=O)O1)c1cccs1. The van der Waals surface area contributed by atoms with Gasteiger partial charge in [-0.15, -0.1) is 11.3 Å². The van der Waals surface area contributed by atoms with Gasteiger partial charge < -0.3 is 10.1 Å². The smallest absolute Gasteiger partial charge is 0.339 e. The third kappa shape index (κ3) is 2.83. The summed E-state index contributed by atoms with van der Waals surface area (Å²) in [5.41, 5.74) is 1.41. The van der Waals surface area contributed by atoms with Crippen LogP contribution in [0, 0.1) is 0 Å². The summed E-state index contributed by atoms with van der Waals surface area (Å²) in [5.74, 6) is -0.681. The molecule has 3 rings (SSSR count). The van der Waals surface area contributed by atoms with E-state index in [0.29, 0.717) is 12.0 Å². The van der Waals surface area contributed by atoms with Gasteiger partial charge in [-0.1, -0.05) is 24.3 Å². The van der Waals surface area contributed by atoms with Crippen LogP contribution in [0.3, 0.4) is 0 Å². The highest BCUT2D eigenvalue weighted by Crippen LogP contribution is 2.22. The molecule has 5 heteroatoms. The predicted molar refractivity (Wildman–Crippen MR) is 80.2 cm³/mol. The molecule has 2 atom stereocenters. The lowest BCUT2D eigenvalue weighted by molar-refractivity contribution is -0.131. The number of thiophene rings is 1. The Hall–Kier alpha value is -2.14. The lowest BCUT2D eigenvalue weighted by Crippen LogP contribution is -2.42. The number of amides is 1. The summed E-state index contributed by atoms with van der Waals surface area (Å²) in [6.45, 7) is 1.92. The number of nitrogens with one attached hydrogen (secondary N) is 1. The number of benzene rings is 1. The molecule has 0 spiro atoms. The summed E-state index contributed by atoms with van der Waals surface area (Å²) >= 11 is 1.59. The Morgan fingerprint density at radius 1 is 1.33 bits per heavy atom. The highest BCUT2D eigenvalue weighted by atomic mass is 32.1. The number of hydrogen-bond acceptors (Lipinski definition) is 4. The summed E-state index contributed by atoms with van der Waals surface area (Å²) in [7, 11) is 0. The Morgan fingerprint density at radius 2 is 2.14 bits per heavy atom. The van der Waals surface area contributed by atoms with Crippen molar-refractivity contribution in [2.24, 2.45) is 0 Å². The number of ether oxygens (including phenoxy) is 1. The van der Waals surface area contributed by atoms with Crippen molar-refractivity contribution in [3.05, 3.63) is 57.8 Å². The Bertz CT molecular complexity index is 666. The zero-order valence-corrected chi connectivity index (χ0v) is 12.4. The van der Waals surface area contributed by atoms with Gasteiger partial charge in [-0.25, -0.2) is 4.79 Å². The number of esters is 1. The van der Waals surface area contributed by atoms with Crippen LogP contribution in [0.15, 0.2) is 41.8 Å². The Labute approximate surface area is 126 Å². The minimum atomic E-state index is -0.755. The molecule has 21 heavy (non-hydrogen) atoms. The average molecular weight is 301 g/mol. The third-order valence-corrected chi connectivity index (χ3v) is 4.57. The van der Waals surface area contributed by atoms with Crippen LogP contribution in [0.5, 0.6) is 0 Å².